The Hall–Kier alpha value is -0.0800. The van der Waals surface area contributed by atoms with E-state index in [2.05, 4.69) is 0 Å². The maximum atomic E-state index is 9.29. The normalized spacial score (nSPS) is 28.4. The van der Waals surface area contributed by atoms with Gasteiger partial charge in [0.15, 0.2) is 0 Å². The van der Waals surface area contributed by atoms with Crippen LogP contribution >= 0.6 is 0 Å². The molecule has 0 amide bonds. The van der Waals surface area contributed by atoms with E-state index in [4.69, 9.17) is 4.74 Å². The highest BCUT2D eigenvalue weighted by molar-refractivity contribution is 4.87. The minimum Gasteiger partial charge on any atom is -0.396 e. The molecule has 0 aromatic carbocycles. The zero-order valence-electron chi connectivity index (χ0n) is 8.30. The molecule has 1 aliphatic carbocycles. The second-order valence-corrected chi connectivity index (χ2v) is 4.86. The molecule has 1 aliphatic heterocycles. The first-order valence-corrected chi connectivity index (χ1v) is 5.53. The Morgan fingerprint density at radius 2 is 1.85 bits per heavy atom. The summed E-state index contributed by atoms with van der Waals surface area (Å²) in [5.74, 6) is 0.866. The van der Waals surface area contributed by atoms with Crippen LogP contribution in [0.15, 0.2) is 0 Å². The highest BCUT2D eigenvalue weighted by Gasteiger charge is 2.39. The lowest BCUT2D eigenvalue weighted by Crippen LogP contribution is -2.47. The highest BCUT2D eigenvalue weighted by atomic mass is 16.5. The maximum Gasteiger partial charge on any atom is 0.0567 e. The van der Waals surface area contributed by atoms with Crippen molar-refractivity contribution in [3.05, 3.63) is 0 Å². The first-order valence-electron chi connectivity index (χ1n) is 5.53. The predicted octanol–water partition coefficient (Wildman–Crippen LogP) is 1.97. The molecule has 0 aromatic rings. The summed E-state index contributed by atoms with van der Waals surface area (Å²) >= 11 is 0. The average Bonchev–Trinajstić information content (AvgIpc) is 2.13. The maximum absolute atomic E-state index is 9.29. The smallest absolute Gasteiger partial charge is 0.0567 e. The predicted molar refractivity (Wildman–Crippen MR) is 51.5 cm³/mol. The topological polar surface area (TPSA) is 29.5 Å². The van der Waals surface area contributed by atoms with Gasteiger partial charge >= 0.3 is 0 Å². The molecule has 2 aliphatic rings. The molecule has 13 heavy (non-hydrogen) atoms. The lowest BCUT2D eigenvalue weighted by molar-refractivity contribution is -0.148. The van der Waals surface area contributed by atoms with Crippen LogP contribution in [0, 0.1) is 11.3 Å². The molecule has 2 heteroatoms. The number of hydrogen-bond donors (Lipinski definition) is 1. The van der Waals surface area contributed by atoms with Gasteiger partial charge in [0, 0.05) is 5.41 Å². The fourth-order valence-corrected chi connectivity index (χ4v) is 2.67. The van der Waals surface area contributed by atoms with Gasteiger partial charge in [-0.2, -0.15) is 0 Å². The lowest BCUT2D eigenvalue weighted by atomic mass is 9.73. The first-order chi connectivity index (χ1) is 6.35. The second-order valence-electron chi connectivity index (χ2n) is 4.86. The van der Waals surface area contributed by atoms with E-state index in [-0.39, 0.29) is 5.41 Å². The molecule has 1 saturated carbocycles. The molecule has 76 valence electrons. The zero-order chi connectivity index (χ0) is 9.15. The van der Waals surface area contributed by atoms with Crippen molar-refractivity contribution in [2.24, 2.45) is 11.3 Å². The van der Waals surface area contributed by atoms with Gasteiger partial charge in [0.1, 0.15) is 0 Å². The van der Waals surface area contributed by atoms with Crippen LogP contribution < -0.4 is 0 Å². The molecule has 1 saturated heterocycles. The van der Waals surface area contributed by atoms with Crippen molar-refractivity contribution in [3.8, 4) is 0 Å². The average molecular weight is 184 g/mol. The molecule has 0 spiro atoms. The first kappa shape index (κ1) is 9.47. The van der Waals surface area contributed by atoms with Crippen molar-refractivity contribution in [3.63, 3.8) is 0 Å². The van der Waals surface area contributed by atoms with E-state index < -0.39 is 0 Å². The zero-order valence-corrected chi connectivity index (χ0v) is 8.30. The number of aliphatic hydroxyl groups excluding tert-OH is 1. The quantitative estimate of drug-likeness (QED) is 0.726. The Labute approximate surface area is 80.3 Å². The number of aliphatic hydroxyl groups is 1. The Bertz CT molecular complexity index is 152. The SMILES string of the molecule is OCC1(CC2CCCCC2)COC1. The fourth-order valence-electron chi connectivity index (χ4n) is 2.67. The standard InChI is InChI=1S/C11H20O2/c12-7-11(8-13-9-11)6-10-4-2-1-3-5-10/h10,12H,1-9H2. The third-order valence-corrected chi connectivity index (χ3v) is 3.60. The van der Waals surface area contributed by atoms with E-state index in [0.717, 1.165) is 19.1 Å². The van der Waals surface area contributed by atoms with Crippen molar-refractivity contribution in [2.45, 2.75) is 38.5 Å². The second kappa shape index (κ2) is 3.97. The summed E-state index contributed by atoms with van der Waals surface area (Å²) in [5.41, 5.74) is 0.155. The summed E-state index contributed by atoms with van der Waals surface area (Å²) in [6, 6.07) is 0. The van der Waals surface area contributed by atoms with Gasteiger partial charge in [-0.15, -0.1) is 0 Å². The molecular weight excluding hydrogens is 164 g/mol. The summed E-state index contributed by atoms with van der Waals surface area (Å²) in [6.07, 6.45) is 8.16. The third-order valence-electron chi connectivity index (χ3n) is 3.60. The number of ether oxygens (including phenoxy) is 1. The van der Waals surface area contributed by atoms with Crippen LogP contribution in [0.5, 0.6) is 0 Å². The molecule has 0 atom stereocenters. The molecular formula is C11H20O2. The van der Waals surface area contributed by atoms with Gasteiger partial charge in [-0.3, -0.25) is 0 Å². The Morgan fingerprint density at radius 3 is 2.31 bits per heavy atom. The van der Waals surface area contributed by atoms with E-state index in [1.54, 1.807) is 0 Å². The van der Waals surface area contributed by atoms with Crippen LogP contribution in [0.3, 0.4) is 0 Å². The van der Waals surface area contributed by atoms with Crippen LogP contribution in [0.2, 0.25) is 0 Å². The molecule has 0 radical (unpaired) electrons. The van der Waals surface area contributed by atoms with Crippen molar-refractivity contribution < 1.29 is 9.84 Å². The van der Waals surface area contributed by atoms with Crippen LogP contribution in [-0.4, -0.2) is 24.9 Å². The summed E-state index contributed by atoms with van der Waals surface area (Å²) in [7, 11) is 0. The third kappa shape index (κ3) is 2.05. The minimum absolute atomic E-state index is 0.155. The molecule has 0 aromatic heterocycles. The van der Waals surface area contributed by atoms with Crippen LogP contribution in [0.25, 0.3) is 0 Å². The van der Waals surface area contributed by atoms with Gasteiger partial charge in [0.2, 0.25) is 0 Å². The van der Waals surface area contributed by atoms with Gasteiger partial charge in [-0.05, 0) is 12.3 Å². The lowest BCUT2D eigenvalue weighted by Gasteiger charge is -2.43. The van der Waals surface area contributed by atoms with Crippen molar-refractivity contribution >= 4 is 0 Å². The summed E-state index contributed by atoms with van der Waals surface area (Å²) in [6.45, 7) is 1.91. The largest absolute Gasteiger partial charge is 0.396 e. The van der Waals surface area contributed by atoms with E-state index in [9.17, 15) is 5.11 Å². The van der Waals surface area contributed by atoms with E-state index in [1.807, 2.05) is 0 Å². The molecule has 0 bridgehead atoms. The van der Waals surface area contributed by atoms with Gasteiger partial charge in [-0.25, -0.2) is 0 Å². The fraction of sp³-hybridized carbons (Fsp3) is 1.00. The van der Waals surface area contributed by atoms with Crippen molar-refractivity contribution in [1.82, 2.24) is 0 Å². The van der Waals surface area contributed by atoms with Crippen LogP contribution in [0.4, 0.5) is 0 Å². The Morgan fingerprint density at radius 1 is 1.15 bits per heavy atom. The highest BCUT2D eigenvalue weighted by Crippen LogP contribution is 2.39. The number of rotatable bonds is 3. The molecule has 1 heterocycles. The van der Waals surface area contributed by atoms with Gasteiger partial charge in [-0.1, -0.05) is 32.1 Å². The van der Waals surface area contributed by atoms with Gasteiger partial charge in [0.25, 0.3) is 0 Å². The van der Waals surface area contributed by atoms with Crippen molar-refractivity contribution in [2.75, 3.05) is 19.8 Å². The van der Waals surface area contributed by atoms with E-state index in [1.165, 1.54) is 38.5 Å². The Balaban J connectivity index is 1.81. The monoisotopic (exact) mass is 184 g/mol. The summed E-state index contributed by atoms with van der Waals surface area (Å²) in [5, 5.41) is 9.29. The molecule has 0 unspecified atom stereocenters. The van der Waals surface area contributed by atoms with Gasteiger partial charge < -0.3 is 9.84 Å². The van der Waals surface area contributed by atoms with Crippen LogP contribution in [-0.2, 0) is 4.74 Å². The van der Waals surface area contributed by atoms with Gasteiger partial charge in [0.05, 0.1) is 19.8 Å². The minimum atomic E-state index is 0.155. The van der Waals surface area contributed by atoms with E-state index in [0.29, 0.717) is 6.61 Å². The van der Waals surface area contributed by atoms with Crippen molar-refractivity contribution in [1.29, 1.82) is 0 Å². The molecule has 2 rings (SSSR count). The molecule has 2 nitrogen and oxygen atoms in total. The summed E-state index contributed by atoms with van der Waals surface area (Å²) < 4.78 is 5.21. The Kier molecular flexibility index (Phi) is 2.89. The van der Waals surface area contributed by atoms with Crippen LogP contribution in [0.1, 0.15) is 38.5 Å². The van der Waals surface area contributed by atoms with E-state index >= 15 is 0 Å². The molecule has 1 N–H and O–H groups in total. The summed E-state index contributed by atoms with van der Waals surface area (Å²) in [4.78, 5) is 0. The number of hydrogen-bond acceptors (Lipinski definition) is 2. The molecule has 2 fully saturated rings.